The maximum atomic E-state index is 14.5. The molecule has 5 N–H and O–H groups in total. The van der Waals surface area contributed by atoms with E-state index >= 15 is 0 Å². The molecule has 10 nitrogen and oxygen atoms in total. The van der Waals surface area contributed by atoms with Crippen molar-refractivity contribution in [3.8, 4) is 5.75 Å². The van der Waals surface area contributed by atoms with Gasteiger partial charge in [0, 0.05) is 12.1 Å². The fourth-order valence-electron chi connectivity index (χ4n) is 9.22. The summed E-state index contributed by atoms with van der Waals surface area (Å²) in [6, 6.07) is 35.5. The van der Waals surface area contributed by atoms with Gasteiger partial charge in [0.25, 0.3) is 8.32 Å². The fraction of sp³-hybridized carbons (Fsp3) is 0.271. The summed E-state index contributed by atoms with van der Waals surface area (Å²) >= 11 is 0. The van der Waals surface area contributed by atoms with Crippen molar-refractivity contribution in [3.63, 3.8) is 0 Å². The Morgan fingerprint density at radius 3 is 2.18 bits per heavy atom. The monoisotopic (exact) mass is 840 g/mol. The smallest absolute Gasteiger partial charge is 0.488 e. The summed E-state index contributed by atoms with van der Waals surface area (Å²) in [5.41, 5.74) is 3.08. The number of carbonyl (C=O) groups excluding carboxylic acids is 2. The van der Waals surface area contributed by atoms with Crippen molar-refractivity contribution in [2.75, 3.05) is 18.1 Å². The predicted molar refractivity (Wildman–Crippen MR) is 237 cm³/mol. The number of hydrogen-bond donors (Lipinski definition) is 5. The number of imide groups is 1. The van der Waals surface area contributed by atoms with Crippen LogP contribution in [0, 0.1) is 23.6 Å². The minimum atomic E-state index is -3.16. The van der Waals surface area contributed by atoms with E-state index in [2.05, 4.69) is 50.0 Å². The number of pyridine rings is 1. The molecule has 1 saturated heterocycles. The molecule has 7 rings (SSSR count). The lowest BCUT2D eigenvalue weighted by atomic mass is 9.68. The van der Waals surface area contributed by atoms with Crippen LogP contribution in [0.1, 0.15) is 51.3 Å². The molecule has 5 aromatic rings. The van der Waals surface area contributed by atoms with Crippen molar-refractivity contribution < 1.29 is 43.8 Å². The number of halogens is 1. The van der Waals surface area contributed by atoms with Crippen molar-refractivity contribution in [3.05, 3.63) is 156 Å². The van der Waals surface area contributed by atoms with E-state index in [1.165, 1.54) is 30.3 Å². The van der Waals surface area contributed by atoms with Crippen LogP contribution >= 0.6 is 0 Å². The van der Waals surface area contributed by atoms with Crippen LogP contribution in [0.5, 0.6) is 5.75 Å². The third-order valence-electron chi connectivity index (χ3n) is 12.0. The molecule has 2 amide bonds. The number of anilines is 1. The van der Waals surface area contributed by atoms with E-state index in [1.54, 1.807) is 36.5 Å². The van der Waals surface area contributed by atoms with Gasteiger partial charge in [0.15, 0.2) is 11.6 Å². The summed E-state index contributed by atoms with van der Waals surface area (Å²) in [5, 5.41) is 55.0. The van der Waals surface area contributed by atoms with Gasteiger partial charge < -0.3 is 29.8 Å². The number of aliphatic hydroxyl groups excluding tert-OH is 2. The van der Waals surface area contributed by atoms with E-state index in [1.807, 2.05) is 42.5 Å². The summed E-state index contributed by atoms with van der Waals surface area (Å²) < 4.78 is 21.9. The highest BCUT2D eigenvalue weighted by atomic mass is 28.4. The molecule has 314 valence electrons. The van der Waals surface area contributed by atoms with Gasteiger partial charge in [-0.3, -0.25) is 19.5 Å². The normalized spacial score (nSPS) is 19.0. The molecule has 0 spiro atoms. The van der Waals surface area contributed by atoms with Gasteiger partial charge in [-0.05, 0) is 105 Å². The number of phenols is 1. The average molecular weight is 841 g/mol. The van der Waals surface area contributed by atoms with E-state index in [9.17, 15) is 39.3 Å². The lowest BCUT2D eigenvalue weighted by molar-refractivity contribution is -0.123. The Hall–Kier alpha value is -5.54. The molecule has 4 aromatic carbocycles. The minimum absolute atomic E-state index is 0.00276. The van der Waals surface area contributed by atoms with Crippen molar-refractivity contribution >= 4 is 60.4 Å². The van der Waals surface area contributed by atoms with Crippen LogP contribution < -0.4 is 20.7 Å². The van der Waals surface area contributed by atoms with Gasteiger partial charge in [0.1, 0.15) is 0 Å². The van der Waals surface area contributed by atoms with E-state index in [-0.39, 0.29) is 37.0 Å². The number of allylic oxidation sites excluding steroid dienone is 1. The quantitative estimate of drug-likeness (QED) is 0.0591. The number of phenolic OH excluding ortho intramolecular Hbond substituents is 1. The van der Waals surface area contributed by atoms with Gasteiger partial charge in [0.2, 0.25) is 11.8 Å². The lowest BCUT2D eigenvalue weighted by Crippen LogP contribution is -2.66. The molecule has 13 heteroatoms. The molecule has 4 atom stereocenters. The molecule has 2 aliphatic rings. The first-order valence-corrected chi connectivity index (χ1v) is 22.4. The van der Waals surface area contributed by atoms with Gasteiger partial charge in [-0.25, -0.2) is 4.39 Å². The molecule has 1 fully saturated rings. The first kappa shape index (κ1) is 43.5. The average Bonchev–Trinajstić information content (AvgIpc) is 3.51. The van der Waals surface area contributed by atoms with Crippen molar-refractivity contribution in [2.24, 2.45) is 17.8 Å². The van der Waals surface area contributed by atoms with Crippen molar-refractivity contribution in [2.45, 2.75) is 51.2 Å². The van der Waals surface area contributed by atoms with Crippen LogP contribution in [0.3, 0.4) is 0 Å². The van der Waals surface area contributed by atoms with Crippen LogP contribution in [-0.2, 0) is 14.0 Å². The Balaban J connectivity index is 1.32. The van der Waals surface area contributed by atoms with Crippen molar-refractivity contribution in [1.82, 2.24) is 4.98 Å². The van der Waals surface area contributed by atoms with Gasteiger partial charge in [0.05, 0.1) is 42.5 Å². The second kappa shape index (κ2) is 18.2. The highest BCUT2D eigenvalue weighted by molar-refractivity contribution is 6.99. The van der Waals surface area contributed by atoms with Gasteiger partial charge >= 0.3 is 7.12 Å². The first-order chi connectivity index (χ1) is 29.2. The van der Waals surface area contributed by atoms with E-state index in [0.29, 0.717) is 28.0 Å². The predicted octanol–water partition coefficient (Wildman–Crippen LogP) is 4.98. The van der Waals surface area contributed by atoms with Crippen LogP contribution in [-0.4, -0.2) is 76.9 Å². The number of nitrogens with zero attached hydrogens (tertiary/aromatic N) is 2. The second-order valence-corrected chi connectivity index (χ2v) is 21.1. The Morgan fingerprint density at radius 2 is 1.59 bits per heavy atom. The molecular weight excluding hydrogens is 790 g/mol. The Bertz CT molecular complexity index is 2390. The maximum Gasteiger partial charge on any atom is 0.488 e. The third-order valence-corrected chi connectivity index (χ3v) is 17.0. The highest BCUT2D eigenvalue weighted by Gasteiger charge is 2.56. The number of aromatic hydroxyl groups is 1. The molecule has 1 aromatic heterocycles. The Labute approximate surface area is 356 Å². The standard InChI is InChI=1S/C48H50BFN2O8Si/c1-48(2,3)61(36-15-6-4-7-16-36,37-17-8-5-9-18-37)60-30-33-27-38-45(47(57)52(46(38)56)35-14-12-13-34(28-35)49(58)59)39(29-53)44(33)43(55)23-21-32(41-19-10-11-24-51-41)25-31-20-22-42(54)40(50)26-31/h4-20,22,24-26,28,38-39,43,45,53-55,58-59H,21,23,27,29-30H2,1-3H3/b32-25-/t38-,39+,43-,45-/m1/s1. The van der Waals surface area contributed by atoms with Gasteiger partial charge in [-0.2, -0.15) is 0 Å². The van der Waals surface area contributed by atoms with E-state index < -0.39 is 74.3 Å². The molecule has 0 unspecified atom stereocenters. The number of aromatic nitrogens is 1. The lowest BCUT2D eigenvalue weighted by Gasteiger charge is -2.44. The maximum absolute atomic E-state index is 14.5. The molecule has 0 saturated carbocycles. The van der Waals surface area contributed by atoms with Gasteiger partial charge in [-0.15, -0.1) is 0 Å². The SMILES string of the molecule is CC(C)(C)[Si](OCC1=C([C@H](O)CC/C(=C/c2ccc(O)c(F)c2)c2ccccn2)[C@H](CO)[C@@H]2C(=O)N(c3cccc(B(O)O)c3)C(=O)[C@@H]2C1)(c1ccccc1)c1ccccc1. The third kappa shape index (κ3) is 8.67. The number of hydrogen-bond acceptors (Lipinski definition) is 9. The Morgan fingerprint density at radius 1 is 0.918 bits per heavy atom. The van der Waals surface area contributed by atoms with E-state index in [0.717, 1.165) is 15.3 Å². The first-order valence-electron chi connectivity index (χ1n) is 20.4. The highest BCUT2D eigenvalue weighted by Crippen LogP contribution is 2.48. The summed E-state index contributed by atoms with van der Waals surface area (Å²) in [6.45, 7) is 5.90. The molecule has 1 aliphatic carbocycles. The topological polar surface area (TPSA) is 161 Å². The van der Waals surface area contributed by atoms with Crippen molar-refractivity contribution in [1.29, 1.82) is 0 Å². The van der Waals surface area contributed by atoms with E-state index in [4.69, 9.17) is 4.43 Å². The molecule has 1 aliphatic heterocycles. The fourth-order valence-corrected chi connectivity index (χ4v) is 13.8. The number of carbonyl (C=O) groups is 2. The van der Waals surface area contributed by atoms with Crippen LogP contribution in [0.2, 0.25) is 5.04 Å². The largest absolute Gasteiger partial charge is 0.505 e. The minimum Gasteiger partial charge on any atom is -0.505 e. The van der Waals surface area contributed by atoms with Crippen LogP contribution in [0.15, 0.2) is 139 Å². The van der Waals surface area contributed by atoms with Crippen LogP contribution in [0.25, 0.3) is 11.6 Å². The molecule has 0 bridgehead atoms. The number of amides is 2. The number of aliphatic hydroxyl groups is 2. The van der Waals surface area contributed by atoms with Crippen LogP contribution in [0.4, 0.5) is 10.1 Å². The zero-order chi connectivity index (χ0) is 43.5. The van der Waals surface area contributed by atoms with Gasteiger partial charge in [-0.1, -0.05) is 106 Å². The molecule has 0 radical (unpaired) electrons. The summed E-state index contributed by atoms with van der Waals surface area (Å²) in [4.78, 5) is 34.5. The summed E-state index contributed by atoms with van der Waals surface area (Å²) in [7, 11) is -4.99. The summed E-state index contributed by atoms with van der Waals surface area (Å²) in [6.07, 6.45) is 2.59. The summed E-state index contributed by atoms with van der Waals surface area (Å²) in [5.74, 6) is -5.18. The number of rotatable bonds is 14. The number of fused-ring (bicyclic) bond motifs is 1. The Kier molecular flexibility index (Phi) is 13.0. The second-order valence-electron chi connectivity index (χ2n) is 16.8. The molecule has 2 heterocycles. The zero-order valence-corrected chi connectivity index (χ0v) is 35.4. The number of benzene rings is 4. The zero-order valence-electron chi connectivity index (χ0n) is 34.4. The molecular formula is C48H50BFN2O8Si. The molecule has 61 heavy (non-hydrogen) atoms.